The van der Waals surface area contributed by atoms with Gasteiger partial charge >= 0.3 is 0 Å². The van der Waals surface area contributed by atoms with Gasteiger partial charge in [0.2, 0.25) is 0 Å². The normalized spacial score (nSPS) is 13.1. The summed E-state index contributed by atoms with van der Waals surface area (Å²) < 4.78 is 23.0. The smallest absolute Gasteiger partial charge is 0.251 e. The number of hydrogen-bond acceptors (Lipinski definition) is 4. The van der Waals surface area contributed by atoms with Gasteiger partial charge in [-0.25, -0.2) is 8.42 Å². The Morgan fingerprint density at radius 2 is 2.05 bits per heavy atom. The van der Waals surface area contributed by atoms with Gasteiger partial charge in [-0.3, -0.25) is 4.79 Å². The minimum Gasteiger partial charge on any atom is -0.396 e. The average Bonchev–Trinajstić information content (AvgIpc) is 2.27. The molecule has 6 heteroatoms. The topological polar surface area (TPSA) is 83.5 Å². The number of amides is 1. The highest BCUT2D eigenvalue weighted by Gasteiger charge is 2.15. The van der Waals surface area contributed by atoms with Crippen LogP contribution in [0.1, 0.15) is 29.3 Å². The molecule has 5 nitrogen and oxygen atoms in total. The van der Waals surface area contributed by atoms with Gasteiger partial charge < -0.3 is 10.4 Å². The van der Waals surface area contributed by atoms with Gasteiger partial charge in [-0.05, 0) is 38.0 Å². The van der Waals surface area contributed by atoms with Gasteiger partial charge in [-0.15, -0.1) is 0 Å². The van der Waals surface area contributed by atoms with Gasteiger partial charge in [0.1, 0.15) is 0 Å². The second-order valence-electron chi connectivity index (χ2n) is 4.64. The van der Waals surface area contributed by atoms with Crippen molar-refractivity contribution in [2.24, 2.45) is 0 Å². The van der Waals surface area contributed by atoms with E-state index in [0.717, 1.165) is 6.26 Å². The number of hydrogen-bond donors (Lipinski definition) is 2. The Labute approximate surface area is 113 Å². The van der Waals surface area contributed by atoms with E-state index in [4.69, 9.17) is 5.11 Å². The van der Waals surface area contributed by atoms with Crippen LogP contribution >= 0.6 is 0 Å². The molecular formula is C13H19NO4S. The van der Waals surface area contributed by atoms with E-state index in [1.165, 1.54) is 12.1 Å². The lowest BCUT2D eigenvalue weighted by atomic mass is 10.1. The summed E-state index contributed by atoms with van der Waals surface area (Å²) in [6, 6.07) is 4.31. The molecule has 0 radical (unpaired) electrons. The summed E-state index contributed by atoms with van der Waals surface area (Å²) in [5.74, 6) is -0.330. The highest BCUT2D eigenvalue weighted by molar-refractivity contribution is 7.90. The summed E-state index contributed by atoms with van der Waals surface area (Å²) in [5.41, 5.74) is 1.05. The molecule has 1 aromatic rings. The second-order valence-corrected chi connectivity index (χ2v) is 6.65. The Morgan fingerprint density at radius 3 is 2.58 bits per heavy atom. The van der Waals surface area contributed by atoms with Crippen LogP contribution < -0.4 is 5.32 Å². The molecule has 0 saturated carbocycles. The first-order chi connectivity index (χ1) is 8.75. The number of carbonyl (C=O) groups excluding carboxylic acids is 1. The van der Waals surface area contributed by atoms with Crippen molar-refractivity contribution in [1.29, 1.82) is 0 Å². The zero-order valence-corrected chi connectivity index (χ0v) is 12.1. The molecule has 1 atom stereocenters. The molecule has 0 spiro atoms. The monoisotopic (exact) mass is 285 g/mol. The number of rotatable bonds is 5. The van der Waals surface area contributed by atoms with Crippen molar-refractivity contribution in [2.45, 2.75) is 31.2 Å². The molecular weight excluding hydrogens is 266 g/mol. The van der Waals surface area contributed by atoms with Gasteiger partial charge in [-0.1, -0.05) is 6.07 Å². The highest BCUT2D eigenvalue weighted by Crippen LogP contribution is 2.15. The maximum absolute atomic E-state index is 12.0. The van der Waals surface area contributed by atoms with Gasteiger partial charge in [0, 0.05) is 24.5 Å². The number of aryl methyl sites for hydroxylation is 1. The van der Waals surface area contributed by atoms with Crippen LogP contribution in [0.3, 0.4) is 0 Å². The lowest BCUT2D eigenvalue weighted by Gasteiger charge is -2.14. The van der Waals surface area contributed by atoms with Crippen LogP contribution in [0.25, 0.3) is 0 Å². The minimum atomic E-state index is -3.33. The molecule has 1 unspecified atom stereocenters. The lowest BCUT2D eigenvalue weighted by Crippen LogP contribution is -2.33. The summed E-state index contributed by atoms with van der Waals surface area (Å²) in [4.78, 5) is 12.2. The fraction of sp³-hybridized carbons (Fsp3) is 0.462. The van der Waals surface area contributed by atoms with E-state index in [-0.39, 0.29) is 23.5 Å². The third-order valence-electron chi connectivity index (χ3n) is 2.82. The molecule has 0 aliphatic carbocycles. The summed E-state index contributed by atoms with van der Waals surface area (Å²) >= 11 is 0. The Hall–Kier alpha value is -1.40. The van der Waals surface area contributed by atoms with E-state index < -0.39 is 9.84 Å². The fourth-order valence-corrected chi connectivity index (χ4v) is 2.29. The first-order valence-electron chi connectivity index (χ1n) is 5.98. The number of carbonyl (C=O) groups is 1. The molecule has 0 aliphatic rings. The highest BCUT2D eigenvalue weighted by atomic mass is 32.2. The standard InChI is InChI=1S/C13H19NO4S/c1-9-4-5-11(19(3,17)18)8-12(9)13(16)14-10(2)6-7-15/h4-5,8,10,15H,6-7H2,1-3H3,(H,14,16). The van der Waals surface area contributed by atoms with Crippen LogP contribution in [-0.2, 0) is 9.84 Å². The Kier molecular flexibility index (Phi) is 5.08. The largest absolute Gasteiger partial charge is 0.396 e. The van der Waals surface area contributed by atoms with Crippen LogP contribution in [0.2, 0.25) is 0 Å². The van der Waals surface area contributed by atoms with Crippen LogP contribution in [0.5, 0.6) is 0 Å². The van der Waals surface area contributed by atoms with Crippen LogP contribution in [0.4, 0.5) is 0 Å². The van der Waals surface area contributed by atoms with Crippen molar-refractivity contribution >= 4 is 15.7 Å². The summed E-state index contributed by atoms with van der Waals surface area (Å²) in [6.45, 7) is 3.52. The van der Waals surface area contributed by atoms with Crippen LogP contribution in [0, 0.1) is 6.92 Å². The first kappa shape index (κ1) is 15.7. The first-order valence-corrected chi connectivity index (χ1v) is 7.87. The molecule has 0 fully saturated rings. The average molecular weight is 285 g/mol. The maximum Gasteiger partial charge on any atom is 0.251 e. The van der Waals surface area contributed by atoms with Crippen molar-refractivity contribution in [3.05, 3.63) is 29.3 Å². The van der Waals surface area contributed by atoms with Crippen LogP contribution in [0.15, 0.2) is 23.1 Å². The van der Waals surface area contributed by atoms with E-state index in [1.54, 1.807) is 19.9 Å². The number of sulfone groups is 1. The lowest BCUT2D eigenvalue weighted by molar-refractivity contribution is 0.0933. The molecule has 0 aromatic heterocycles. The van der Waals surface area contributed by atoms with Gasteiger partial charge in [0.25, 0.3) is 5.91 Å². The SMILES string of the molecule is Cc1ccc(S(C)(=O)=O)cc1C(=O)NC(C)CCO. The number of aliphatic hydroxyl groups is 1. The molecule has 0 bridgehead atoms. The van der Waals surface area contributed by atoms with E-state index >= 15 is 0 Å². The molecule has 2 N–H and O–H groups in total. The summed E-state index contributed by atoms with van der Waals surface area (Å²) in [6.07, 6.45) is 1.56. The molecule has 1 aromatic carbocycles. The molecule has 0 aliphatic heterocycles. The fourth-order valence-electron chi connectivity index (χ4n) is 1.64. The zero-order chi connectivity index (χ0) is 14.6. The quantitative estimate of drug-likeness (QED) is 0.842. The Balaban J connectivity index is 3.03. The Bertz CT molecular complexity index is 566. The van der Waals surface area contributed by atoms with Crippen molar-refractivity contribution in [2.75, 3.05) is 12.9 Å². The van der Waals surface area contributed by atoms with Crippen molar-refractivity contribution in [3.8, 4) is 0 Å². The van der Waals surface area contributed by atoms with Gasteiger partial charge in [-0.2, -0.15) is 0 Å². The zero-order valence-electron chi connectivity index (χ0n) is 11.3. The number of benzene rings is 1. The summed E-state index contributed by atoms with van der Waals surface area (Å²) in [5, 5.41) is 11.5. The van der Waals surface area contributed by atoms with Crippen LogP contribution in [-0.4, -0.2) is 38.3 Å². The summed E-state index contributed by atoms with van der Waals surface area (Å²) in [7, 11) is -3.33. The van der Waals surface area contributed by atoms with Crippen molar-refractivity contribution in [1.82, 2.24) is 5.32 Å². The van der Waals surface area contributed by atoms with E-state index in [2.05, 4.69) is 5.32 Å². The molecule has 0 heterocycles. The predicted molar refractivity (Wildman–Crippen MR) is 72.9 cm³/mol. The molecule has 1 rings (SSSR count). The van der Waals surface area contributed by atoms with Crippen molar-refractivity contribution in [3.63, 3.8) is 0 Å². The van der Waals surface area contributed by atoms with E-state index in [1.807, 2.05) is 0 Å². The van der Waals surface area contributed by atoms with E-state index in [9.17, 15) is 13.2 Å². The third-order valence-corrected chi connectivity index (χ3v) is 3.93. The Morgan fingerprint density at radius 1 is 1.42 bits per heavy atom. The predicted octanol–water partition coefficient (Wildman–Crippen LogP) is 0.899. The molecule has 0 saturated heterocycles. The van der Waals surface area contributed by atoms with E-state index in [0.29, 0.717) is 17.5 Å². The maximum atomic E-state index is 12.0. The second kappa shape index (κ2) is 6.16. The molecule has 106 valence electrons. The number of nitrogens with one attached hydrogen (secondary N) is 1. The molecule has 1 amide bonds. The molecule has 19 heavy (non-hydrogen) atoms. The van der Waals surface area contributed by atoms with Crippen molar-refractivity contribution < 1.29 is 18.3 Å². The third kappa shape index (κ3) is 4.33. The van der Waals surface area contributed by atoms with Gasteiger partial charge in [0.05, 0.1) is 4.90 Å². The minimum absolute atomic E-state index is 0.0101. The van der Waals surface area contributed by atoms with Gasteiger partial charge in [0.15, 0.2) is 9.84 Å². The number of aliphatic hydroxyl groups excluding tert-OH is 1.